The summed E-state index contributed by atoms with van der Waals surface area (Å²) < 4.78 is 5.19. The van der Waals surface area contributed by atoms with E-state index in [1.54, 1.807) is 13.2 Å². The number of anilines is 1. The molecule has 0 saturated heterocycles. The molecule has 0 fully saturated rings. The van der Waals surface area contributed by atoms with Crippen LogP contribution in [0.15, 0.2) is 59.8 Å². The molecule has 0 bridgehead atoms. The van der Waals surface area contributed by atoms with Crippen molar-refractivity contribution in [2.75, 3.05) is 25.5 Å². The van der Waals surface area contributed by atoms with Crippen molar-refractivity contribution in [3.8, 4) is 5.75 Å². The van der Waals surface area contributed by atoms with Gasteiger partial charge in [-0.3, -0.25) is 9.69 Å². The van der Waals surface area contributed by atoms with Gasteiger partial charge in [-0.2, -0.15) is 0 Å². The highest BCUT2D eigenvalue weighted by Gasteiger charge is 2.23. The minimum Gasteiger partial charge on any atom is -0.497 e. The molecule has 136 valence electrons. The number of ether oxygens (including phenoxy) is 1. The predicted molar refractivity (Wildman–Crippen MR) is 104 cm³/mol. The van der Waals surface area contributed by atoms with Crippen molar-refractivity contribution >= 4 is 23.2 Å². The molecule has 3 rings (SSSR count). The summed E-state index contributed by atoms with van der Waals surface area (Å²) in [6.07, 6.45) is 0.668. The molecule has 1 heterocycles. The molecule has 0 radical (unpaired) electrons. The van der Waals surface area contributed by atoms with Gasteiger partial charge in [0.25, 0.3) is 5.91 Å². The van der Waals surface area contributed by atoms with E-state index >= 15 is 0 Å². The average molecular weight is 372 g/mol. The largest absolute Gasteiger partial charge is 0.497 e. The van der Waals surface area contributed by atoms with Gasteiger partial charge >= 0.3 is 0 Å². The second-order valence-electron chi connectivity index (χ2n) is 6.28. The Hall–Kier alpha value is -2.50. The molecular weight excluding hydrogens is 350 g/mol. The van der Waals surface area contributed by atoms with E-state index < -0.39 is 0 Å². The topological polar surface area (TPSA) is 67.6 Å². The fraction of sp³-hybridized carbons (Fsp3) is 0.250. The maximum Gasteiger partial charge on any atom is 0.254 e. The normalized spacial score (nSPS) is 15.0. The van der Waals surface area contributed by atoms with Crippen molar-refractivity contribution in [3.63, 3.8) is 0 Å². The molecule has 1 amide bonds. The van der Waals surface area contributed by atoms with E-state index in [1.165, 1.54) is 0 Å². The van der Waals surface area contributed by atoms with E-state index in [4.69, 9.17) is 22.1 Å². The highest BCUT2D eigenvalue weighted by molar-refractivity contribution is 6.30. The molecular formula is C20H22ClN3O2. The lowest BCUT2D eigenvalue weighted by atomic mass is 10.0. The Morgan fingerprint density at radius 1 is 1.27 bits per heavy atom. The summed E-state index contributed by atoms with van der Waals surface area (Å²) in [5.41, 5.74) is 9.17. The lowest BCUT2D eigenvalue weighted by Gasteiger charge is -2.29. The van der Waals surface area contributed by atoms with Crippen molar-refractivity contribution in [2.24, 2.45) is 5.73 Å². The summed E-state index contributed by atoms with van der Waals surface area (Å²) in [6.45, 7) is 2.05. The molecule has 0 aromatic heterocycles. The molecule has 0 saturated carbocycles. The third-order valence-electron chi connectivity index (χ3n) is 4.36. The Morgan fingerprint density at radius 3 is 2.85 bits per heavy atom. The molecule has 6 heteroatoms. The van der Waals surface area contributed by atoms with Crippen molar-refractivity contribution in [3.05, 3.63) is 70.4 Å². The molecule has 26 heavy (non-hydrogen) atoms. The quantitative estimate of drug-likeness (QED) is 0.845. The molecule has 0 unspecified atom stereocenters. The number of carbonyl (C=O) groups is 1. The summed E-state index contributed by atoms with van der Waals surface area (Å²) in [5.74, 6) is 0.516. The van der Waals surface area contributed by atoms with Crippen molar-refractivity contribution in [2.45, 2.75) is 13.0 Å². The summed E-state index contributed by atoms with van der Waals surface area (Å²) in [5, 5.41) is 3.62. The van der Waals surface area contributed by atoms with E-state index in [2.05, 4.69) is 10.2 Å². The fourth-order valence-electron chi connectivity index (χ4n) is 2.99. The molecule has 0 aliphatic carbocycles. The van der Waals surface area contributed by atoms with Gasteiger partial charge in [0, 0.05) is 48.5 Å². The van der Waals surface area contributed by atoms with Crippen molar-refractivity contribution in [1.29, 1.82) is 0 Å². The first-order valence-electron chi connectivity index (χ1n) is 8.45. The van der Waals surface area contributed by atoms with E-state index in [1.807, 2.05) is 42.5 Å². The van der Waals surface area contributed by atoms with Crippen LogP contribution in [-0.2, 0) is 11.3 Å². The number of nitrogens with zero attached hydrogens (tertiary/aromatic N) is 1. The molecule has 3 N–H and O–H groups in total. The van der Waals surface area contributed by atoms with Gasteiger partial charge in [0.15, 0.2) is 0 Å². The molecule has 1 aliphatic heterocycles. The standard InChI is InChI=1S/C20H22ClN3O2/c1-26-17-7-3-6-16(11-17)23-20(25)18-13-24(9-8-19(18)22)12-14-4-2-5-15(21)10-14/h2-7,10-11H,8-9,12-13,22H2,1H3,(H,23,25). The van der Waals surface area contributed by atoms with Crippen LogP contribution < -0.4 is 15.8 Å². The number of nitrogens with one attached hydrogen (secondary N) is 1. The zero-order valence-corrected chi connectivity index (χ0v) is 15.4. The first-order chi connectivity index (χ1) is 12.5. The molecule has 2 aromatic rings. The van der Waals surface area contributed by atoms with Gasteiger partial charge in [-0.15, -0.1) is 0 Å². The Bertz CT molecular complexity index is 835. The van der Waals surface area contributed by atoms with E-state index in [-0.39, 0.29) is 5.91 Å². The van der Waals surface area contributed by atoms with Crippen LogP contribution in [0, 0.1) is 0 Å². The first-order valence-corrected chi connectivity index (χ1v) is 8.82. The van der Waals surface area contributed by atoms with E-state index in [9.17, 15) is 4.79 Å². The van der Waals surface area contributed by atoms with Gasteiger partial charge in [-0.25, -0.2) is 0 Å². The minimum absolute atomic E-state index is 0.174. The Morgan fingerprint density at radius 2 is 2.08 bits per heavy atom. The average Bonchev–Trinajstić information content (AvgIpc) is 2.63. The number of methoxy groups -OCH3 is 1. The lowest BCUT2D eigenvalue weighted by Crippen LogP contribution is -2.37. The van der Waals surface area contributed by atoms with Gasteiger partial charge in [0.1, 0.15) is 5.75 Å². The zero-order valence-electron chi connectivity index (χ0n) is 14.7. The van der Waals surface area contributed by atoms with Crippen molar-refractivity contribution in [1.82, 2.24) is 4.90 Å². The van der Waals surface area contributed by atoms with Crippen LogP contribution in [0.3, 0.4) is 0 Å². The highest BCUT2D eigenvalue weighted by atomic mass is 35.5. The minimum atomic E-state index is -0.174. The number of halogens is 1. The van der Waals surface area contributed by atoms with E-state index in [0.29, 0.717) is 40.7 Å². The second kappa shape index (κ2) is 8.25. The Kier molecular flexibility index (Phi) is 5.81. The predicted octanol–water partition coefficient (Wildman–Crippen LogP) is 3.41. The number of benzene rings is 2. The number of rotatable bonds is 5. The van der Waals surface area contributed by atoms with Crippen LogP contribution in [0.25, 0.3) is 0 Å². The third kappa shape index (κ3) is 4.56. The molecule has 5 nitrogen and oxygen atoms in total. The monoisotopic (exact) mass is 371 g/mol. The van der Waals surface area contributed by atoms with Crippen LogP contribution in [0.5, 0.6) is 5.75 Å². The lowest BCUT2D eigenvalue weighted by molar-refractivity contribution is -0.113. The summed E-state index contributed by atoms with van der Waals surface area (Å²) in [7, 11) is 1.59. The van der Waals surface area contributed by atoms with Crippen LogP contribution in [-0.4, -0.2) is 31.0 Å². The molecule has 2 aromatic carbocycles. The number of hydrogen-bond acceptors (Lipinski definition) is 4. The first kappa shape index (κ1) is 18.3. The summed E-state index contributed by atoms with van der Waals surface area (Å²) >= 11 is 6.06. The van der Waals surface area contributed by atoms with Crippen molar-refractivity contribution < 1.29 is 9.53 Å². The SMILES string of the molecule is COc1cccc(NC(=O)C2=C(N)CCN(Cc3cccc(Cl)c3)C2)c1. The van der Waals surface area contributed by atoms with Crippen LogP contribution in [0.1, 0.15) is 12.0 Å². The van der Waals surface area contributed by atoms with Crippen LogP contribution in [0.4, 0.5) is 5.69 Å². The van der Waals surface area contributed by atoms with E-state index in [0.717, 1.165) is 18.7 Å². The smallest absolute Gasteiger partial charge is 0.254 e. The van der Waals surface area contributed by atoms with Gasteiger partial charge < -0.3 is 15.8 Å². The number of nitrogens with two attached hydrogens (primary N) is 1. The highest BCUT2D eigenvalue weighted by Crippen LogP contribution is 2.21. The number of carbonyl (C=O) groups excluding carboxylic acids is 1. The van der Waals surface area contributed by atoms with Gasteiger partial charge in [0.05, 0.1) is 12.7 Å². The Balaban J connectivity index is 1.68. The van der Waals surface area contributed by atoms with Crippen LogP contribution in [0.2, 0.25) is 5.02 Å². The third-order valence-corrected chi connectivity index (χ3v) is 4.60. The number of hydrogen-bond donors (Lipinski definition) is 2. The van der Waals surface area contributed by atoms with Crippen LogP contribution >= 0.6 is 11.6 Å². The number of amides is 1. The molecule has 0 spiro atoms. The maximum absolute atomic E-state index is 12.7. The van der Waals surface area contributed by atoms with Gasteiger partial charge in [-0.1, -0.05) is 29.8 Å². The summed E-state index contributed by atoms with van der Waals surface area (Å²) in [4.78, 5) is 14.9. The molecule has 1 aliphatic rings. The Labute approximate surface area is 158 Å². The fourth-order valence-corrected chi connectivity index (χ4v) is 3.20. The maximum atomic E-state index is 12.7. The zero-order chi connectivity index (χ0) is 18.5. The molecule has 0 atom stereocenters. The van der Waals surface area contributed by atoms with Gasteiger partial charge in [-0.05, 0) is 29.8 Å². The van der Waals surface area contributed by atoms with Gasteiger partial charge in [0.2, 0.25) is 0 Å². The second-order valence-corrected chi connectivity index (χ2v) is 6.72. The summed E-state index contributed by atoms with van der Waals surface area (Å²) in [6, 6.07) is 15.0.